The van der Waals surface area contributed by atoms with Gasteiger partial charge in [0.05, 0.1) is 0 Å². The van der Waals surface area contributed by atoms with E-state index < -0.39 is 11.6 Å². The first-order valence-corrected chi connectivity index (χ1v) is 4.50. The van der Waals surface area contributed by atoms with Gasteiger partial charge in [-0.1, -0.05) is 0 Å². The van der Waals surface area contributed by atoms with Crippen molar-refractivity contribution in [2.45, 2.75) is 0 Å². The summed E-state index contributed by atoms with van der Waals surface area (Å²) < 4.78 is 25.7. The summed E-state index contributed by atoms with van der Waals surface area (Å²) in [5.41, 5.74) is 0.424. The Bertz CT molecular complexity index is 407. The third-order valence-electron chi connectivity index (χ3n) is 1.67. The maximum absolute atomic E-state index is 13.2. The summed E-state index contributed by atoms with van der Waals surface area (Å²) in [6.07, 6.45) is 0. The average molecular weight is 195 g/mol. The molecule has 3 heteroatoms. The Labute approximate surface area is 78.5 Å². The third-order valence-corrected chi connectivity index (χ3v) is 2.50. The fourth-order valence-electron chi connectivity index (χ4n) is 1.08. The van der Waals surface area contributed by atoms with Crippen LogP contribution in [-0.4, -0.2) is 0 Å². The molecule has 0 nitrogen and oxygen atoms in total. The lowest BCUT2D eigenvalue weighted by Gasteiger charge is -1.98. The van der Waals surface area contributed by atoms with Crippen molar-refractivity contribution in [3.63, 3.8) is 0 Å². The van der Waals surface area contributed by atoms with Crippen LogP contribution in [0.1, 0.15) is 0 Å². The molecule has 2 aromatic rings. The Morgan fingerprint density at radius 2 is 2.00 bits per heavy atom. The topological polar surface area (TPSA) is 0 Å². The van der Waals surface area contributed by atoms with Crippen molar-refractivity contribution >= 4 is 11.3 Å². The zero-order valence-corrected chi connectivity index (χ0v) is 7.37. The number of rotatable bonds is 1. The molecule has 0 spiro atoms. The molecular formula is C10H5F2S. The second-order valence-electron chi connectivity index (χ2n) is 2.54. The van der Waals surface area contributed by atoms with Crippen LogP contribution in [0, 0.1) is 17.0 Å². The summed E-state index contributed by atoms with van der Waals surface area (Å²) >= 11 is 1.31. The Morgan fingerprint density at radius 3 is 2.62 bits per heavy atom. The van der Waals surface area contributed by atoms with Gasteiger partial charge in [0.2, 0.25) is 0 Å². The van der Waals surface area contributed by atoms with Crippen molar-refractivity contribution in [2.24, 2.45) is 0 Å². The van der Waals surface area contributed by atoms with E-state index in [9.17, 15) is 8.78 Å². The van der Waals surface area contributed by atoms with Crippen LogP contribution < -0.4 is 0 Å². The van der Waals surface area contributed by atoms with E-state index in [0.29, 0.717) is 5.56 Å². The lowest BCUT2D eigenvalue weighted by molar-refractivity contribution is 0.586. The van der Waals surface area contributed by atoms with E-state index >= 15 is 0 Å². The standard InChI is InChI=1S/C10H5F2S/c11-7-3-4-8(9(12)6-7)10-2-1-5-13-10/h1-4,6H. The van der Waals surface area contributed by atoms with E-state index in [2.05, 4.69) is 5.38 Å². The van der Waals surface area contributed by atoms with Gasteiger partial charge in [-0.15, -0.1) is 11.3 Å². The fraction of sp³-hybridized carbons (Fsp3) is 0. The lowest BCUT2D eigenvalue weighted by atomic mass is 10.2. The highest BCUT2D eigenvalue weighted by molar-refractivity contribution is 7.13. The predicted molar refractivity (Wildman–Crippen MR) is 48.5 cm³/mol. The van der Waals surface area contributed by atoms with E-state index in [1.54, 1.807) is 12.1 Å². The molecule has 0 amide bonds. The minimum Gasteiger partial charge on any atom is -0.207 e. The molecule has 1 heterocycles. The molecule has 0 unspecified atom stereocenters. The summed E-state index contributed by atoms with van der Waals surface area (Å²) in [4.78, 5) is 0.762. The van der Waals surface area contributed by atoms with Gasteiger partial charge in [0.25, 0.3) is 0 Å². The third kappa shape index (κ3) is 1.60. The highest BCUT2D eigenvalue weighted by atomic mass is 32.1. The largest absolute Gasteiger partial charge is 0.207 e. The van der Waals surface area contributed by atoms with Gasteiger partial charge in [-0.25, -0.2) is 8.78 Å². The van der Waals surface area contributed by atoms with Gasteiger partial charge in [-0.05, 0) is 24.3 Å². The normalized spacial score (nSPS) is 10.3. The van der Waals surface area contributed by atoms with Crippen LogP contribution >= 0.6 is 11.3 Å². The van der Waals surface area contributed by atoms with Gasteiger partial charge in [0, 0.05) is 21.9 Å². The van der Waals surface area contributed by atoms with Crippen LogP contribution in [0.15, 0.2) is 30.3 Å². The first kappa shape index (κ1) is 8.38. The van der Waals surface area contributed by atoms with Gasteiger partial charge in [-0.2, -0.15) is 0 Å². The first-order chi connectivity index (χ1) is 6.27. The Kier molecular flexibility index (Phi) is 2.10. The molecule has 1 aromatic heterocycles. The van der Waals surface area contributed by atoms with Crippen LogP contribution in [0.25, 0.3) is 10.4 Å². The molecule has 1 aromatic carbocycles. The van der Waals surface area contributed by atoms with Crippen LogP contribution in [0.4, 0.5) is 8.78 Å². The summed E-state index contributed by atoms with van der Waals surface area (Å²) in [6, 6.07) is 7.03. The molecule has 2 rings (SSSR count). The molecular weight excluding hydrogens is 190 g/mol. The minimum absolute atomic E-state index is 0.424. The van der Waals surface area contributed by atoms with Crippen molar-refractivity contribution in [2.75, 3.05) is 0 Å². The highest BCUT2D eigenvalue weighted by Gasteiger charge is 2.06. The maximum atomic E-state index is 13.2. The molecule has 13 heavy (non-hydrogen) atoms. The van der Waals surface area contributed by atoms with Crippen molar-refractivity contribution in [3.8, 4) is 10.4 Å². The van der Waals surface area contributed by atoms with Crippen LogP contribution in [0.5, 0.6) is 0 Å². The summed E-state index contributed by atoms with van der Waals surface area (Å²) in [7, 11) is 0. The predicted octanol–water partition coefficient (Wildman–Crippen LogP) is 3.49. The van der Waals surface area contributed by atoms with Gasteiger partial charge < -0.3 is 0 Å². The highest BCUT2D eigenvalue weighted by Crippen LogP contribution is 2.26. The SMILES string of the molecule is Fc1ccc(-c2cc[c]s2)c(F)c1. The van der Waals surface area contributed by atoms with Crippen molar-refractivity contribution in [3.05, 3.63) is 47.3 Å². The molecule has 0 fully saturated rings. The summed E-state index contributed by atoms with van der Waals surface area (Å²) in [5.74, 6) is -1.09. The number of benzene rings is 1. The molecule has 0 N–H and O–H groups in total. The molecule has 0 aliphatic heterocycles. The van der Waals surface area contributed by atoms with Crippen molar-refractivity contribution in [1.29, 1.82) is 0 Å². The molecule has 0 atom stereocenters. The number of hydrogen-bond acceptors (Lipinski definition) is 1. The number of hydrogen-bond donors (Lipinski definition) is 0. The zero-order valence-electron chi connectivity index (χ0n) is 6.55. The van der Waals surface area contributed by atoms with Crippen molar-refractivity contribution in [1.82, 2.24) is 0 Å². The monoisotopic (exact) mass is 195 g/mol. The second-order valence-corrected chi connectivity index (χ2v) is 3.42. The maximum Gasteiger partial charge on any atom is 0.134 e. The van der Waals surface area contributed by atoms with E-state index in [4.69, 9.17) is 0 Å². The lowest BCUT2D eigenvalue weighted by Crippen LogP contribution is -1.82. The molecule has 0 bridgehead atoms. The van der Waals surface area contributed by atoms with E-state index in [1.807, 2.05) is 0 Å². The Morgan fingerprint density at radius 1 is 1.15 bits per heavy atom. The van der Waals surface area contributed by atoms with Gasteiger partial charge in [0.15, 0.2) is 0 Å². The summed E-state index contributed by atoms with van der Waals surface area (Å²) in [5, 5.41) is 2.85. The van der Waals surface area contributed by atoms with Crippen LogP contribution in [0.3, 0.4) is 0 Å². The quantitative estimate of drug-likeness (QED) is 0.653. The molecule has 0 saturated carbocycles. The molecule has 0 aliphatic carbocycles. The summed E-state index contributed by atoms with van der Waals surface area (Å²) in [6.45, 7) is 0. The van der Waals surface area contributed by atoms with Crippen LogP contribution in [0.2, 0.25) is 0 Å². The number of thiophene rings is 1. The zero-order chi connectivity index (χ0) is 9.26. The molecule has 65 valence electrons. The van der Waals surface area contributed by atoms with Gasteiger partial charge in [0.1, 0.15) is 11.6 Å². The van der Waals surface area contributed by atoms with Gasteiger partial charge in [-0.3, -0.25) is 0 Å². The average Bonchev–Trinajstić information content (AvgIpc) is 2.56. The minimum atomic E-state index is -0.554. The fourth-order valence-corrected chi connectivity index (χ4v) is 1.75. The van der Waals surface area contributed by atoms with Gasteiger partial charge >= 0.3 is 0 Å². The van der Waals surface area contributed by atoms with Crippen LogP contribution in [-0.2, 0) is 0 Å². The second kappa shape index (κ2) is 3.26. The molecule has 0 aliphatic rings. The molecule has 0 saturated heterocycles. The van der Waals surface area contributed by atoms with Crippen molar-refractivity contribution < 1.29 is 8.78 Å². The first-order valence-electron chi connectivity index (χ1n) is 3.68. The smallest absolute Gasteiger partial charge is 0.134 e. The van der Waals surface area contributed by atoms with E-state index in [0.717, 1.165) is 10.9 Å². The Hall–Kier alpha value is -1.22. The van der Waals surface area contributed by atoms with E-state index in [-0.39, 0.29) is 0 Å². The van der Waals surface area contributed by atoms with E-state index in [1.165, 1.54) is 23.5 Å². The molecule has 1 radical (unpaired) electrons. The Balaban J connectivity index is 2.53. The number of halogens is 2.